The van der Waals surface area contributed by atoms with Crippen LogP contribution in [0.2, 0.25) is 0 Å². The van der Waals surface area contributed by atoms with Crippen LogP contribution >= 0.6 is 0 Å². The zero-order valence-electron chi connectivity index (χ0n) is 16.5. The van der Waals surface area contributed by atoms with Crippen molar-refractivity contribution in [2.24, 2.45) is 0 Å². The van der Waals surface area contributed by atoms with Crippen LogP contribution in [0.25, 0.3) is 10.8 Å². The maximum atomic E-state index is 12.4. The Morgan fingerprint density at radius 3 is 2.60 bits per heavy atom. The molecule has 0 atom stereocenters. The van der Waals surface area contributed by atoms with Gasteiger partial charge in [0.2, 0.25) is 10.0 Å². The van der Waals surface area contributed by atoms with Gasteiger partial charge in [-0.3, -0.25) is 0 Å². The van der Waals surface area contributed by atoms with Gasteiger partial charge in [-0.15, -0.1) is 0 Å². The number of fused-ring (bicyclic) bond motifs is 1. The molecular weight excluding hydrogens is 276 g/mol. The molecule has 2 N–H and O–H groups in total. The summed E-state index contributed by atoms with van der Waals surface area (Å²) >= 11 is 0. The lowest BCUT2D eigenvalue weighted by Gasteiger charge is -2.17. The smallest absolute Gasteiger partial charge is 0.241 e. The van der Waals surface area contributed by atoms with Crippen LogP contribution in [0.1, 0.15) is 8.22 Å². The van der Waals surface area contributed by atoms with Crippen LogP contribution in [0, 0.1) is 0 Å². The molecule has 2 rings (SSSR count). The van der Waals surface area contributed by atoms with Crippen LogP contribution in [0.5, 0.6) is 0 Å². The minimum atomic E-state index is -3.97. The Kier molecular flexibility index (Phi) is 2.49. The minimum absolute atomic E-state index is 0.123. The van der Waals surface area contributed by atoms with Gasteiger partial charge < -0.3 is 10.0 Å². The number of hydrogen-bond acceptors (Lipinski definition) is 4. The Morgan fingerprint density at radius 1 is 1.20 bits per heavy atom. The Hall–Kier alpha value is -1.63. The molecule has 0 saturated carbocycles. The van der Waals surface area contributed by atoms with E-state index in [4.69, 9.17) is 13.3 Å². The molecule has 0 spiro atoms. The molecule has 0 fully saturated rings. The highest BCUT2D eigenvalue weighted by Crippen LogP contribution is 2.29. The number of aliphatic hydroxyl groups is 1. The zero-order valence-corrected chi connectivity index (χ0v) is 11.3. The number of rotatable bonds is 5. The van der Waals surface area contributed by atoms with Crippen LogP contribution < -0.4 is 9.62 Å². The van der Waals surface area contributed by atoms with Crippen molar-refractivity contribution in [2.75, 3.05) is 32.0 Å². The lowest BCUT2D eigenvalue weighted by molar-refractivity contribution is 0.301. The molecule has 0 bridgehead atoms. The molecule has 0 aliphatic heterocycles. The topological polar surface area (TPSA) is 69.6 Å². The van der Waals surface area contributed by atoms with Crippen molar-refractivity contribution in [1.29, 1.82) is 0 Å². The third-order valence-electron chi connectivity index (χ3n) is 2.79. The molecule has 0 radical (unpaired) electrons. The van der Waals surface area contributed by atoms with Crippen molar-refractivity contribution < 1.29 is 21.7 Å². The van der Waals surface area contributed by atoms with E-state index in [0.717, 1.165) is 0 Å². The van der Waals surface area contributed by atoms with Crippen molar-refractivity contribution >= 4 is 26.5 Å². The molecule has 108 valence electrons. The maximum absolute atomic E-state index is 12.4. The summed E-state index contributed by atoms with van der Waals surface area (Å²) in [5.74, 6) is 0. The lowest BCUT2D eigenvalue weighted by Crippen LogP contribution is -2.26. The maximum Gasteiger partial charge on any atom is 0.241 e. The summed E-state index contributed by atoms with van der Waals surface area (Å²) in [5, 5.41) is 9.17. The molecule has 20 heavy (non-hydrogen) atoms. The largest absolute Gasteiger partial charge is 0.395 e. The van der Waals surface area contributed by atoms with Crippen molar-refractivity contribution in [3.8, 4) is 0 Å². The number of benzene rings is 2. The Bertz CT molecular complexity index is 882. The SMILES string of the molecule is [2H]C([2H])([2H])N(c1cccc2c(S(=O)(=O)NCCO)cccc12)C([2H])([2H])[2H]. The second kappa shape index (κ2) is 5.78. The van der Waals surface area contributed by atoms with E-state index >= 15 is 0 Å². The van der Waals surface area contributed by atoms with E-state index in [1.54, 1.807) is 0 Å². The number of aliphatic hydroxyl groups excluding tert-OH is 1. The fraction of sp³-hybridized carbons (Fsp3) is 0.286. The van der Waals surface area contributed by atoms with E-state index < -0.39 is 24.0 Å². The van der Waals surface area contributed by atoms with Gasteiger partial charge in [0.15, 0.2) is 0 Å². The number of hydrogen-bond donors (Lipinski definition) is 2. The van der Waals surface area contributed by atoms with E-state index in [2.05, 4.69) is 4.72 Å². The first-order valence-electron chi connectivity index (χ1n) is 8.82. The first kappa shape index (κ1) is 8.61. The summed E-state index contributed by atoms with van der Waals surface area (Å²) in [7, 11) is -3.97. The molecule has 6 heteroatoms. The van der Waals surface area contributed by atoms with Gasteiger partial charge in [-0.2, -0.15) is 0 Å². The van der Waals surface area contributed by atoms with Crippen LogP contribution in [0.3, 0.4) is 0 Å². The summed E-state index contributed by atoms with van der Waals surface area (Å²) in [6.45, 7) is -6.48. The zero-order chi connectivity index (χ0) is 19.8. The lowest BCUT2D eigenvalue weighted by atomic mass is 10.1. The second-order valence-corrected chi connectivity index (χ2v) is 5.82. The average molecular weight is 300 g/mol. The Morgan fingerprint density at radius 2 is 1.90 bits per heavy atom. The predicted octanol–water partition coefficient (Wildman–Crippen LogP) is 1.18. The fourth-order valence-corrected chi connectivity index (χ4v) is 3.19. The molecule has 2 aromatic carbocycles. The normalized spacial score (nSPS) is 17.4. The van der Waals surface area contributed by atoms with Gasteiger partial charge in [0.1, 0.15) is 0 Å². The summed E-state index contributed by atoms with van der Waals surface area (Å²) in [5.41, 5.74) is -0.123. The first-order valence-corrected chi connectivity index (χ1v) is 7.30. The van der Waals surface area contributed by atoms with Crippen LogP contribution in [-0.4, -0.2) is 40.6 Å². The molecule has 0 heterocycles. The van der Waals surface area contributed by atoms with Crippen molar-refractivity contribution in [1.82, 2.24) is 4.72 Å². The van der Waals surface area contributed by atoms with E-state index in [0.29, 0.717) is 4.90 Å². The summed E-state index contributed by atoms with van der Waals surface area (Å²) in [4.78, 5) is 0.182. The van der Waals surface area contributed by atoms with Crippen LogP contribution in [0.4, 0.5) is 5.69 Å². The highest BCUT2D eigenvalue weighted by atomic mass is 32.2. The van der Waals surface area contributed by atoms with Crippen molar-refractivity contribution in [2.45, 2.75) is 4.90 Å². The van der Waals surface area contributed by atoms with Crippen molar-refractivity contribution in [3.63, 3.8) is 0 Å². The van der Waals surface area contributed by atoms with E-state index in [1.165, 1.54) is 36.4 Å². The molecule has 0 aliphatic carbocycles. The second-order valence-electron chi connectivity index (χ2n) is 4.09. The predicted molar refractivity (Wildman–Crippen MR) is 80.5 cm³/mol. The summed E-state index contributed by atoms with van der Waals surface area (Å²) in [6, 6.07) is 8.35. The molecule has 0 unspecified atom stereocenters. The van der Waals surface area contributed by atoms with E-state index in [-0.39, 0.29) is 34.5 Å². The molecule has 0 saturated heterocycles. The third-order valence-corrected chi connectivity index (χ3v) is 4.31. The summed E-state index contributed by atoms with van der Waals surface area (Å²) < 4.78 is 72.5. The molecule has 5 nitrogen and oxygen atoms in total. The van der Waals surface area contributed by atoms with Crippen LogP contribution in [0.15, 0.2) is 41.3 Å². The van der Waals surface area contributed by atoms with Gasteiger partial charge >= 0.3 is 0 Å². The first-order chi connectivity index (χ1) is 11.9. The average Bonchev–Trinajstić information content (AvgIpc) is 2.50. The summed E-state index contributed by atoms with van der Waals surface area (Å²) in [6.07, 6.45) is 0. The highest BCUT2D eigenvalue weighted by Gasteiger charge is 2.17. The monoisotopic (exact) mass is 300 g/mol. The van der Waals surface area contributed by atoms with E-state index in [1.807, 2.05) is 0 Å². The molecule has 2 aromatic rings. The van der Waals surface area contributed by atoms with Gasteiger partial charge in [-0.05, 0) is 12.1 Å². The van der Waals surface area contributed by atoms with Gasteiger partial charge in [-0.1, -0.05) is 24.3 Å². The number of anilines is 1. The van der Waals surface area contributed by atoms with Gasteiger partial charge in [0, 0.05) is 45.2 Å². The standard InChI is InChI=1S/C14H18N2O3S/c1-16(2)13-7-3-6-12-11(13)5-4-8-14(12)20(18,19)15-9-10-17/h3-8,15,17H,9-10H2,1-2H3/i1D3,2D3. The Balaban J connectivity index is 2.75. The molecule has 0 aromatic heterocycles. The molecular formula is C14H18N2O3S. The minimum Gasteiger partial charge on any atom is -0.395 e. The molecule has 0 aliphatic rings. The molecule has 0 amide bonds. The van der Waals surface area contributed by atoms with Gasteiger partial charge in [-0.25, -0.2) is 13.1 Å². The number of nitrogens with zero attached hydrogens (tertiary/aromatic N) is 1. The quantitative estimate of drug-likeness (QED) is 0.870. The van der Waals surface area contributed by atoms with Gasteiger partial charge in [0.25, 0.3) is 0 Å². The number of sulfonamides is 1. The van der Waals surface area contributed by atoms with Crippen molar-refractivity contribution in [3.05, 3.63) is 36.4 Å². The van der Waals surface area contributed by atoms with Crippen LogP contribution in [-0.2, 0) is 10.0 Å². The van der Waals surface area contributed by atoms with E-state index in [9.17, 15) is 8.42 Å². The fourth-order valence-electron chi connectivity index (χ4n) is 1.95. The third kappa shape index (κ3) is 2.77. The number of nitrogens with one attached hydrogen (secondary N) is 1. The Labute approximate surface area is 127 Å². The highest BCUT2D eigenvalue weighted by molar-refractivity contribution is 7.89. The van der Waals surface area contributed by atoms with Gasteiger partial charge in [0.05, 0.1) is 11.5 Å².